The van der Waals surface area contributed by atoms with Crippen molar-refractivity contribution in [3.63, 3.8) is 0 Å². The van der Waals surface area contributed by atoms with Gasteiger partial charge >= 0.3 is 11.9 Å². The molecule has 0 aromatic heterocycles. The van der Waals surface area contributed by atoms with Crippen molar-refractivity contribution in [2.24, 2.45) is 5.92 Å². The molecule has 0 radical (unpaired) electrons. The van der Waals surface area contributed by atoms with Crippen LogP contribution in [-0.2, 0) is 46.1 Å². The van der Waals surface area contributed by atoms with Gasteiger partial charge in [0, 0.05) is 24.3 Å². The van der Waals surface area contributed by atoms with Crippen LogP contribution in [0.25, 0.3) is 0 Å². The Balaban J connectivity index is 1.50. The number of hydrogen-bond donors (Lipinski definition) is 8. The van der Waals surface area contributed by atoms with E-state index in [-0.39, 0.29) is 48.0 Å². The molecule has 2 heterocycles. The quantitative estimate of drug-likeness (QED) is 0.0777. The molecule has 0 spiro atoms. The molecule has 0 amide bonds. The van der Waals surface area contributed by atoms with E-state index in [1.54, 1.807) is 18.2 Å². The zero-order valence-electron chi connectivity index (χ0n) is 25.1. The molecule has 2 aliphatic rings. The lowest BCUT2D eigenvalue weighted by molar-refractivity contribution is -0.327. The van der Waals surface area contributed by atoms with Crippen LogP contribution in [0.3, 0.4) is 0 Å². The van der Waals surface area contributed by atoms with E-state index in [9.17, 15) is 50.4 Å². The van der Waals surface area contributed by atoms with Gasteiger partial charge in [-0.05, 0) is 35.4 Å². The van der Waals surface area contributed by atoms with Crippen LogP contribution in [0, 0.1) is 5.92 Å². The SMILES string of the molecule is O=C(C[C@@H]1C(C(=O)OCCc2ccc(O)cc2)=CO[C@@H](O[C@H]2O[C@H](CO)[C@@H](O)[C@H](O)[C@H]2O)C1=CCO)OCCc1ccc(O)c(O)c1. The molecule has 15 nitrogen and oxygen atoms in total. The Morgan fingerprint density at radius 1 is 0.830 bits per heavy atom. The van der Waals surface area contributed by atoms with Crippen LogP contribution in [-0.4, -0.2) is 116 Å². The number of carbonyl (C=O) groups is 2. The molecular formula is C32H38O15. The molecule has 4 rings (SSSR count). The molecule has 2 aliphatic heterocycles. The predicted molar refractivity (Wildman–Crippen MR) is 158 cm³/mol. The number of esters is 2. The Hall–Kier alpha value is -4.22. The van der Waals surface area contributed by atoms with Crippen molar-refractivity contribution in [1.82, 2.24) is 0 Å². The van der Waals surface area contributed by atoms with Gasteiger partial charge in [-0.1, -0.05) is 24.3 Å². The van der Waals surface area contributed by atoms with Crippen molar-refractivity contribution in [2.75, 3.05) is 26.4 Å². The third-order valence-electron chi connectivity index (χ3n) is 7.66. The standard InChI is InChI=1S/C32H38O15/c33-10-7-20-21(14-26(38)43-11-9-18-3-6-23(36)24(37)13-18)22(30(42)44-12-8-17-1-4-19(35)5-2-17)16-45-31(20)47-32-29(41)28(40)27(39)25(15-34)46-32/h1-7,13,16,21,25,27-29,31-37,39-41H,8-12,14-15H2/t21-,25+,27+,28-,29+,31-,32+/m0/s1. The monoisotopic (exact) mass is 662 g/mol. The zero-order chi connectivity index (χ0) is 34.1. The van der Waals surface area contributed by atoms with Crippen molar-refractivity contribution >= 4 is 11.9 Å². The van der Waals surface area contributed by atoms with E-state index in [2.05, 4.69) is 0 Å². The van der Waals surface area contributed by atoms with E-state index in [0.29, 0.717) is 12.0 Å². The fourth-order valence-corrected chi connectivity index (χ4v) is 5.05. The third kappa shape index (κ3) is 9.20. The number of aromatic hydroxyl groups is 3. The van der Waals surface area contributed by atoms with E-state index in [1.165, 1.54) is 30.3 Å². The van der Waals surface area contributed by atoms with Crippen LogP contribution in [0.15, 0.2) is 65.9 Å². The van der Waals surface area contributed by atoms with E-state index in [0.717, 1.165) is 11.8 Å². The highest BCUT2D eigenvalue weighted by Crippen LogP contribution is 2.36. The molecule has 2 aromatic rings. The Morgan fingerprint density at radius 2 is 1.51 bits per heavy atom. The van der Waals surface area contributed by atoms with Gasteiger partial charge in [0.15, 0.2) is 17.8 Å². The molecule has 0 aliphatic carbocycles. The average Bonchev–Trinajstić information content (AvgIpc) is 3.05. The van der Waals surface area contributed by atoms with Crippen molar-refractivity contribution in [3.05, 3.63) is 77.1 Å². The molecule has 7 atom stereocenters. The molecule has 1 fully saturated rings. The van der Waals surface area contributed by atoms with Crippen LogP contribution >= 0.6 is 0 Å². The van der Waals surface area contributed by atoms with E-state index in [4.69, 9.17) is 23.7 Å². The van der Waals surface area contributed by atoms with E-state index < -0.39 is 74.5 Å². The Morgan fingerprint density at radius 3 is 2.19 bits per heavy atom. The minimum atomic E-state index is -1.79. The Labute approximate surface area is 269 Å². The Bertz CT molecular complexity index is 1420. The van der Waals surface area contributed by atoms with Crippen LogP contribution in [0.1, 0.15) is 17.5 Å². The second-order valence-corrected chi connectivity index (χ2v) is 10.9. The summed E-state index contributed by atoms with van der Waals surface area (Å²) in [6.07, 6.45) is -7.32. The second kappa shape index (κ2) is 16.6. The maximum atomic E-state index is 13.3. The summed E-state index contributed by atoms with van der Waals surface area (Å²) in [4.78, 5) is 26.3. The molecule has 256 valence electrons. The highest BCUT2D eigenvalue weighted by Gasteiger charge is 2.47. The third-order valence-corrected chi connectivity index (χ3v) is 7.66. The molecule has 8 N–H and O–H groups in total. The number of aliphatic hydroxyl groups is 5. The topological polar surface area (TPSA) is 242 Å². The summed E-state index contributed by atoms with van der Waals surface area (Å²) in [7, 11) is 0. The van der Waals surface area contributed by atoms with Crippen LogP contribution in [0.2, 0.25) is 0 Å². The Kier molecular flexibility index (Phi) is 12.6. The van der Waals surface area contributed by atoms with E-state index >= 15 is 0 Å². The molecular weight excluding hydrogens is 624 g/mol. The molecule has 15 heteroatoms. The van der Waals surface area contributed by atoms with Crippen molar-refractivity contribution < 1.29 is 74.1 Å². The first-order chi connectivity index (χ1) is 22.5. The largest absolute Gasteiger partial charge is 0.508 e. The van der Waals surface area contributed by atoms with Gasteiger partial charge in [-0.2, -0.15) is 0 Å². The fraction of sp³-hybridized carbons (Fsp3) is 0.438. The number of carbonyl (C=O) groups excluding carboxylic acids is 2. The minimum absolute atomic E-state index is 0.0536. The van der Waals surface area contributed by atoms with Gasteiger partial charge in [0.1, 0.15) is 30.2 Å². The maximum Gasteiger partial charge on any atom is 0.337 e. The van der Waals surface area contributed by atoms with Crippen LogP contribution in [0.4, 0.5) is 0 Å². The number of benzene rings is 2. The first-order valence-corrected chi connectivity index (χ1v) is 14.8. The van der Waals surface area contributed by atoms with Crippen LogP contribution < -0.4 is 0 Å². The van der Waals surface area contributed by atoms with Crippen LogP contribution in [0.5, 0.6) is 17.2 Å². The summed E-state index contributed by atoms with van der Waals surface area (Å²) in [5, 5.41) is 78.8. The van der Waals surface area contributed by atoms with Gasteiger partial charge < -0.3 is 64.5 Å². The molecule has 0 bridgehead atoms. The summed E-state index contributed by atoms with van der Waals surface area (Å²) < 4.78 is 27.6. The molecule has 0 unspecified atom stereocenters. The predicted octanol–water partition coefficient (Wildman–Crippen LogP) is -0.343. The lowest BCUT2D eigenvalue weighted by Gasteiger charge is -2.42. The first-order valence-electron chi connectivity index (χ1n) is 14.8. The molecule has 0 saturated carbocycles. The first kappa shape index (κ1) is 35.6. The maximum absolute atomic E-state index is 13.3. The number of ether oxygens (including phenoxy) is 5. The lowest BCUT2D eigenvalue weighted by atomic mass is 9.86. The number of phenols is 3. The highest BCUT2D eigenvalue weighted by atomic mass is 16.8. The summed E-state index contributed by atoms with van der Waals surface area (Å²) in [6, 6.07) is 10.4. The smallest absolute Gasteiger partial charge is 0.337 e. The normalized spacial score (nSPS) is 26.7. The zero-order valence-corrected chi connectivity index (χ0v) is 25.1. The second-order valence-electron chi connectivity index (χ2n) is 10.9. The van der Waals surface area contributed by atoms with E-state index in [1.807, 2.05) is 0 Å². The summed E-state index contributed by atoms with van der Waals surface area (Å²) in [5.74, 6) is -3.30. The van der Waals surface area contributed by atoms with Crippen molar-refractivity contribution in [1.29, 1.82) is 0 Å². The fourth-order valence-electron chi connectivity index (χ4n) is 5.05. The minimum Gasteiger partial charge on any atom is -0.508 e. The van der Waals surface area contributed by atoms with Gasteiger partial charge in [-0.3, -0.25) is 4.79 Å². The summed E-state index contributed by atoms with van der Waals surface area (Å²) >= 11 is 0. The summed E-state index contributed by atoms with van der Waals surface area (Å²) in [6.45, 7) is -1.49. The average molecular weight is 663 g/mol. The summed E-state index contributed by atoms with van der Waals surface area (Å²) in [5.41, 5.74) is 1.29. The molecule has 47 heavy (non-hydrogen) atoms. The number of hydrogen-bond acceptors (Lipinski definition) is 15. The molecule has 1 saturated heterocycles. The van der Waals surface area contributed by atoms with Gasteiger partial charge in [-0.25, -0.2) is 4.79 Å². The number of rotatable bonds is 13. The number of aliphatic hydroxyl groups excluding tert-OH is 5. The van der Waals surface area contributed by atoms with Gasteiger partial charge in [-0.15, -0.1) is 0 Å². The van der Waals surface area contributed by atoms with Crippen molar-refractivity contribution in [3.8, 4) is 17.2 Å². The van der Waals surface area contributed by atoms with Gasteiger partial charge in [0.05, 0.1) is 44.7 Å². The lowest BCUT2D eigenvalue weighted by Crippen LogP contribution is -2.60. The van der Waals surface area contributed by atoms with Gasteiger partial charge in [0.2, 0.25) is 6.29 Å². The van der Waals surface area contributed by atoms with Crippen molar-refractivity contribution in [2.45, 2.75) is 56.3 Å². The highest BCUT2D eigenvalue weighted by molar-refractivity contribution is 5.91. The number of phenolic OH excluding ortho intramolecular Hbond substituents is 3. The molecule has 2 aromatic carbocycles. The van der Waals surface area contributed by atoms with Gasteiger partial charge in [0.25, 0.3) is 0 Å².